The fourth-order valence-electron chi connectivity index (χ4n) is 1.89. The van der Waals surface area contributed by atoms with E-state index in [0.717, 1.165) is 18.7 Å². The van der Waals surface area contributed by atoms with Gasteiger partial charge in [-0.1, -0.05) is 28.9 Å². The van der Waals surface area contributed by atoms with Crippen molar-refractivity contribution in [2.24, 2.45) is 0 Å². The lowest BCUT2D eigenvalue weighted by Gasteiger charge is -2.26. The van der Waals surface area contributed by atoms with Crippen molar-refractivity contribution in [1.82, 2.24) is 25.6 Å². The van der Waals surface area contributed by atoms with Gasteiger partial charge in [0, 0.05) is 24.7 Å². The van der Waals surface area contributed by atoms with Gasteiger partial charge < -0.3 is 10.6 Å². The summed E-state index contributed by atoms with van der Waals surface area (Å²) < 4.78 is 1.73. The van der Waals surface area contributed by atoms with E-state index in [1.807, 2.05) is 12.1 Å². The van der Waals surface area contributed by atoms with E-state index in [2.05, 4.69) is 20.9 Å². The Kier molecular flexibility index (Phi) is 3.66. The van der Waals surface area contributed by atoms with Crippen LogP contribution in [0.25, 0.3) is 0 Å². The molecule has 0 saturated carbocycles. The molecule has 0 aliphatic carbocycles. The summed E-state index contributed by atoms with van der Waals surface area (Å²) in [6, 6.07) is 7.64. The van der Waals surface area contributed by atoms with E-state index in [4.69, 9.17) is 11.6 Å². The van der Waals surface area contributed by atoms with E-state index in [9.17, 15) is 4.79 Å². The first-order valence-corrected chi connectivity index (χ1v) is 6.75. The van der Waals surface area contributed by atoms with Crippen LogP contribution in [0.4, 0.5) is 0 Å². The van der Waals surface area contributed by atoms with Crippen LogP contribution < -0.4 is 10.6 Å². The van der Waals surface area contributed by atoms with Gasteiger partial charge in [0.25, 0.3) is 5.91 Å². The van der Waals surface area contributed by atoms with Crippen molar-refractivity contribution < 1.29 is 4.79 Å². The number of hydrogen-bond donors (Lipinski definition) is 2. The predicted molar refractivity (Wildman–Crippen MR) is 74.6 cm³/mol. The number of carbonyl (C=O) groups is 1. The lowest BCUT2D eigenvalue weighted by atomic mass is 10.2. The predicted octanol–water partition coefficient (Wildman–Crippen LogP) is 1.01. The first kappa shape index (κ1) is 13.1. The molecule has 0 unspecified atom stereocenters. The summed E-state index contributed by atoms with van der Waals surface area (Å²) in [6.07, 6.45) is 1.68. The second-order valence-corrected chi connectivity index (χ2v) is 5.14. The number of aromatic nitrogens is 3. The van der Waals surface area contributed by atoms with Crippen molar-refractivity contribution in [3.63, 3.8) is 0 Å². The number of carbonyl (C=O) groups excluding carboxylic acids is 1. The molecular weight excluding hydrogens is 278 g/mol. The molecule has 104 valence electrons. The molecule has 1 amide bonds. The van der Waals surface area contributed by atoms with Crippen LogP contribution in [0.5, 0.6) is 0 Å². The van der Waals surface area contributed by atoms with Gasteiger partial charge in [-0.3, -0.25) is 4.79 Å². The summed E-state index contributed by atoms with van der Waals surface area (Å²) in [6.45, 7) is 2.18. The highest BCUT2D eigenvalue weighted by molar-refractivity contribution is 6.30. The van der Waals surface area contributed by atoms with Gasteiger partial charge in [-0.2, -0.15) is 0 Å². The molecule has 0 atom stereocenters. The number of rotatable bonds is 4. The molecule has 1 fully saturated rings. The fourth-order valence-corrected chi connectivity index (χ4v) is 2.02. The molecule has 7 heteroatoms. The Balaban J connectivity index is 1.58. The molecule has 1 aromatic carbocycles. The molecule has 0 radical (unpaired) electrons. The summed E-state index contributed by atoms with van der Waals surface area (Å²) in [7, 11) is 0. The average Bonchev–Trinajstić information content (AvgIpc) is 2.85. The Bertz CT molecular complexity index is 605. The van der Waals surface area contributed by atoms with Crippen LogP contribution in [0, 0.1) is 0 Å². The molecule has 2 aromatic rings. The maximum Gasteiger partial charge on any atom is 0.273 e. The Morgan fingerprint density at radius 1 is 1.40 bits per heavy atom. The number of nitrogens with zero attached hydrogens (tertiary/aromatic N) is 3. The minimum absolute atomic E-state index is 0.224. The number of halogens is 1. The van der Waals surface area contributed by atoms with Crippen LogP contribution in [-0.4, -0.2) is 34.0 Å². The Morgan fingerprint density at radius 3 is 2.80 bits per heavy atom. The molecule has 20 heavy (non-hydrogen) atoms. The Morgan fingerprint density at radius 2 is 2.15 bits per heavy atom. The monoisotopic (exact) mass is 291 g/mol. The molecule has 6 nitrogen and oxygen atoms in total. The fraction of sp³-hybridized carbons (Fsp3) is 0.308. The van der Waals surface area contributed by atoms with E-state index in [1.165, 1.54) is 0 Å². The van der Waals surface area contributed by atoms with E-state index in [0.29, 0.717) is 23.3 Å². The van der Waals surface area contributed by atoms with Crippen molar-refractivity contribution in [2.45, 2.75) is 12.6 Å². The van der Waals surface area contributed by atoms with Gasteiger partial charge in [0.2, 0.25) is 0 Å². The zero-order valence-corrected chi connectivity index (χ0v) is 11.5. The highest BCUT2D eigenvalue weighted by Crippen LogP contribution is 2.11. The van der Waals surface area contributed by atoms with Crippen LogP contribution in [0.15, 0.2) is 30.5 Å². The van der Waals surface area contributed by atoms with Crippen molar-refractivity contribution in [2.75, 3.05) is 13.1 Å². The van der Waals surface area contributed by atoms with Crippen molar-refractivity contribution in [1.29, 1.82) is 0 Å². The SMILES string of the molecule is O=C(NCc1ccc(Cl)cc1)c1cn(C2CNC2)nn1. The zero-order chi connectivity index (χ0) is 13.9. The summed E-state index contributed by atoms with van der Waals surface area (Å²) in [5, 5.41) is 14.5. The van der Waals surface area contributed by atoms with Crippen LogP contribution in [0.3, 0.4) is 0 Å². The average molecular weight is 292 g/mol. The molecular formula is C13H14ClN5O. The van der Waals surface area contributed by atoms with Gasteiger partial charge in [0.15, 0.2) is 5.69 Å². The molecule has 0 bridgehead atoms. The maximum absolute atomic E-state index is 12.0. The number of hydrogen-bond acceptors (Lipinski definition) is 4. The van der Waals surface area contributed by atoms with E-state index in [1.54, 1.807) is 23.0 Å². The zero-order valence-electron chi connectivity index (χ0n) is 10.7. The van der Waals surface area contributed by atoms with Crippen LogP contribution in [0.1, 0.15) is 22.1 Å². The van der Waals surface area contributed by atoms with Gasteiger partial charge in [0.1, 0.15) is 0 Å². The molecule has 1 aliphatic rings. The third kappa shape index (κ3) is 2.81. The second kappa shape index (κ2) is 5.60. The number of benzene rings is 1. The van der Waals surface area contributed by atoms with Crippen molar-refractivity contribution in [3.8, 4) is 0 Å². The normalized spacial score (nSPS) is 14.8. The smallest absolute Gasteiger partial charge is 0.273 e. The van der Waals surface area contributed by atoms with Gasteiger partial charge in [0.05, 0.1) is 12.2 Å². The minimum Gasteiger partial charge on any atom is -0.347 e. The van der Waals surface area contributed by atoms with E-state index in [-0.39, 0.29) is 5.91 Å². The second-order valence-electron chi connectivity index (χ2n) is 4.71. The van der Waals surface area contributed by atoms with Crippen LogP contribution in [-0.2, 0) is 6.54 Å². The largest absolute Gasteiger partial charge is 0.347 e. The summed E-state index contributed by atoms with van der Waals surface area (Å²) in [5.74, 6) is -0.224. The molecule has 1 aliphatic heterocycles. The van der Waals surface area contributed by atoms with Crippen LogP contribution >= 0.6 is 11.6 Å². The first-order chi connectivity index (χ1) is 9.72. The van der Waals surface area contributed by atoms with Gasteiger partial charge in [-0.05, 0) is 17.7 Å². The van der Waals surface area contributed by atoms with Gasteiger partial charge >= 0.3 is 0 Å². The molecule has 2 heterocycles. The molecule has 0 spiro atoms. The molecule has 1 aromatic heterocycles. The quantitative estimate of drug-likeness (QED) is 0.882. The highest BCUT2D eigenvalue weighted by Gasteiger charge is 2.21. The Labute approximate surface area is 121 Å². The summed E-state index contributed by atoms with van der Waals surface area (Å²) in [5.41, 5.74) is 1.32. The third-order valence-corrected chi connectivity index (χ3v) is 3.50. The highest BCUT2D eigenvalue weighted by atomic mass is 35.5. The van der Waals surface area contributed by atoms with Gasteiger partial charge in [-0.15, -0.1) is 5.10 Å². The first-order valence-electron chi connectivity index (χ1n) is 6.37. The summed E-state index contributed by atoms with van der Waals surface area (Å²) in [4.78, 5) is 12.0. The molecule has 1 saturated heterocycles. The molecule has 2 N–H and O–H groups in total. The number of nitrogens with one attached hydrogen (secondary N) is 2. The summed E-state index contributed by atoms with van der Waals surface area (Å²) >= 11 is 5.81. The molecule has 3 rings (SSSR count). The topological polar surface area (TPSA) is 71.8 Å². The standard InChI is InChI=1S/C13H14ClN5O/c14-10-3-1-9(2-4-10)5-16-13(20)12-8-19(18-17-12)11-6-15-7-11/h1-4,8,11,15H,5-7H2,(H,16,20). The van der Waals surface area contributed by atoms with E-state index < -0.39 is 0 Å². The maximum atomic E-state index is 12.0. The minimum atomic E-state index is -0.224. The Hall–Kier alpha value is -1.92. The third-order valence-electron chi connectivity index (χ3n) is 3.24. The van der Waals surface area contributed by atoms with Crippen molar-refractivity contribution >= 4 is 17.5 Å². The number of amides is 1. The van der Waals surface area contributed by atoms with Crippen LogP contribution in [0.2, 0.25) is 5.02 Å². The lowest BCUT2D eigenvalue weighted by molar-refractivity contribution is 0.0946. The van der Waals surface area contributed by atoms with E-state index >= 15 is 0 Å². The lowest BCUT2D eigenvalue weighted by Crippen LogP contribution is -2.43. The van der Waals surface area contributed by atoms with Crippen molar-refractivity contribution in [3.05, 3.63) is 46.7 Å². The van der Waals surface area contributed by atoms with Gasteiger partial charge in [-0.25, -0.2) is 4.68 Å².